The number of hydrogen-bond acceptors (Lipinski definition) is 26. The van der Waals surface area contributed by atoms with Crippen LogP contribution in [-0.4, -0.2) is 149 Å². The lowest BCUT2D eigenvalue weighted by atomic mass is 10.0. The monoisotopic (exact) mass is 1750 g/mol. The average Bonchev–Trinajstić information content (AvgIpc) is 1.68. The number of H-pyrrole nitrogens is 3. The molecule has 0 fully saturated rings. The summed E-state index contributed by atoms with van der Waals surface area (Å²) < 4.78 is 115. The summed E-state index contributed by atoms with van der Waals surface area (Å²) in [5.41, 5.74) is 19.4. The average molecular weight is 1750 g/mol. The molecular weight excluding hydrogens is 1620 g/mol. The minimum atomic E-state index is -3.68. The second-order valence-corrected chi connectivity index (χ2v) is 36.7. The van der Waals surface area contributed by atoms with Crippen LogP contribution in [0.3, 0.4) is 0 Å². The Kier molecular flexibility index (Phi) is 48.0. The number of unbranched alkanes of at least 4 members (excludes halogenated alkanes) is 26. The van der Waals surface area contributed by atoms with Gasteiger partial charge in [-0.2, -0.15) is 15.0 Å². The van der Waals surface area contributed by atoms with Crippen LogP contribution in [0.4, 0.5) is 22.2 Å². The number of nitrogens with two attached hydrogens (primary N) is 3. The highest BCUT2D eigenvalue weighted by atomic mass is 35.5. The molecule has 7 heterocycles. The molecule has 0 aliphatic carbocycles. The lowest BCUT2D eigenvalue weighted by Gasteiger charge is -2.19. The molecule has 9 rings (SSSR count). The van der Waals surface area contributed by atoms with E-state index < -0.39 is 45.1 Å². The number of fused-ring (bicyclic) bond motifs is 3. The summed E-state index contributed by atoms with van der Waals surface area (Å²) in [6, 6.07) is 16.7. The van der Waals surface area contributed by atoms with Crippen molar-refractivity contribution in [1.82, 2.24) is 63.5 Å². The number of nitrogen functional groups attached to an aromatic ring is 3. The van der Waals surface area contributed by atoms with Gasteiger partial charge in [0, 0.05) is 70.1 Å². The molecule has 9 aromatic rings. The fourth-order valence-electron chi connectivity index (χ4n) is 12.8. The molecule has 0 bridgehead atoms. The molecule has 0 radical (unpaired) electrons. The number of imidazole rings is 3. The Morgan fingerprint density at radius 3 is 1.13 bits per heavy atom. The Balaban J connectivity index is 0.000000257. The number of ether oxygens (including phenoxy) is 5. The van der Waals surface area contributed by atoms with Crippen molar-refractivity contribution in [3.8, 4) is 0 Å². The van der Waals surface area contributed by atoms with Gasteiger partial charge in [-0.25, -0.2) is 19.3 Å². The van der Waals surface area contributed by atoms with Crippen molar-refractivity contribution in [2.75, 3.05) is 102 Å². The highest BCUT2D eigenvalue weighted by Gasteiger charge is 2.28. The summed E-state index contributed by atoms with van der Waals surface area (Å²) >= 11 is 5.92. The van der Waals surface area contributed by atoms with Gasteiger partial charge in [-0.15, -0.1) is 0 Å². The number of rotatable bonds is 64. The maximum absolute atomic E-state index is 13.6. The third-order valence-corrected chi connectivity index (χ3v) is 24.1. The van der Waals surface area contributed by atoms with Crippen LogP contribution in [-0.2, 0) is 99.5 Å². The zero-order valence-corrected chi connectivity index (χ0v) is 73.9. The van der Waals surface area contributed by atoms with E-state index in [1.54, 1.807) is 62.5 Å². The minimum Gasteiger partial charge on any atom is -0.381 e. The van der Waals surface area contributed by atoms with Crippen LogP contribution in [0.15, 0.2) is 106 Å². The summed E-state index contributed by atoms with van der Waals surface area (Å²) in [7, 11) is -10.2. The normalized spacial score (nSPS) is 13.1. The summed E-state index contributed by atoms with van der Waals surface area (Å²) in [5, 5.41) is 0.596. The third kappa shape index (κ3) is 40.3. The molecule has 3 atom stereocenters. The van der Waals surface area contributed by atoms with Crippen molar-refractivity contribution < 1.29 is 64.4 Å². The molecule has 7 aromatic heterocycles. The topological polar surface area (TPSA) is 425 Å². The van der Waals surface area contributed by atoms with Gasteiger partial charge in [-0.05, 0) is 72.7 Å². The van der Waals surface area contributed by atoms with Crippen molar-refractivity contribution in [2.45, 2.75) is 246 Å². The Morgan fingerprint density at radius 2 is 0.750 bits per heavy atom. The number of aromatic amines is 3. The molecule has 32 nitrogen and oxygen atoms in total. The number of pyridine rings is 1. The lowest BCUT2D eigenvalue weighted by molar-refractivity contribution is 0.0976. The molecule has 37 heteroatoms. The number of aromatic nitrogens is 13. The third-order valence-electron chi connectivity index (χ3n) is 19.3. The molecule has 9 N–H and O–H groups in total. The molecule has 0 aliphatic rings. The lowest BCUT2D eigenvalue weighted by Crippen LogP contribution is -2.13. The first-order valence-corrected chi connectivity index (χ1v) is 48.7. The molecule has 0 spiro atoms. The van der Waals surface area contributed by atoms with Crippen LogP contribution in [0.25, 0.3) is 33.5 Å². The van der Waals surface area contributed by atoms with Gasteiger partial charge in [0.05, 0.1) is 71.8 Å². The van der Waals surface area contributed by atoms with Crippen LogP contribution in [0.5, 0.6) is 0 Å². The van der Waals surface area contributed by atoms with Gasteiger partial charge < -0.3 is 77.2 Å². The van der Waals surface area contributed by atoms with Crippen molar-refractivity contribution in [3.05, 3.63) is 151 Å². The summed E-state index contributed by atoms with van der Waals surface area (Å²) in [5.74, 6) is -0.403. The van der Waals surface area contributed by atoms with Crippen LogP contribution in [0, 0.1) is 5.82 Å². The summed E-state index contributed by atoms with van der Waals surface area (Å²) in [6.45, 7) is 10.6. The van der Waals surface area contributed by atoms with E-state index in [0.29, 0.717) is 73.3 Å². The first-order chi connectivity index (χ1) is 58.2. The first kappa shape index (κ1) is 99.7. The molecular formula is C83H129ClFN16O16P3. The van der Waals surface area contributed by atoms with Gasteiger partial charge in [0.15, 0.2) is 33.5 Å². The van der Waals surface area contributed by atoms with Crippen molar-refractivity contribution >= 4 is 85.5 Å². The van der Waals surface area contributed by atoms with E-state index in [-0.39, 0.29) is 113 Å². The Bertz CT molecular complexity index is 4670. The minimum absolute atomic E-state index is 0.00504. The fourth-order valence-corrected chi connectivity index (χ4v) is 16.6. The van der Waals surface area contributed by atoms with E-state index in [0.717, 1.165) is 30.6 Å². The van der Waals surface area contributed by atoms with E-state index in [2.05, 4.69) is 63.7 Å². The van der Waals surface area contributed by atoms with Gasteiger partial charge in [0.25, 0.3) is 16.7 Å². The maximum atomic E-state index is 13.6. The van der Waals surface area contributed by atoms with Gasteiger partial charge in [0.2, 0.25) is 25.2 Å². The van der Waals surface area contributed by atoms with Crippen molar-refractivity contribution in [1.29, 1.82) is 0 Å². The first-order valence-electron chi connectivity index (χ1n) is 42.6. The predicted molar refractivity (Wildman–Crippen MR) is 469 cm³/mol. The smallest absolute Gasteiger partial charge is 0.356 e. The highest BCUT2D eigenvalue weighted by Crippen LogP contribution is 2.50. The number of nitrogens with one attached hydrogen (secondary N) is 3. The molecule has 0 saturated heterocycles. The van der Waals surface area contributed by atoms with E-state index in [1.807, 2.05) is 12.1 Å². The van der Waals surface area contributed by atoms with Crippen LogP contribution >= 0.6 is 34.2 Å². The number of benzene rings is 2. The quantitative estimate of drug-likeness (QED) is 0.0152. The van der Waals surface area contributed by atoms with E-state index in [4.69, 9.17) is 75.1 Å². The highest BCUT2D eigenvalue weighted by molar-refractivity contribution is 7.57. The Morgan fingerprint density at radius 1 is 0.400 bits per heavy atom. The Hall–Kier alpha value is -7.45. The Labute approximate surface area is 708 Å². The van der Waals surface area contributed by atoms with Gasteiger partial charge >= 0.3 is 15.2 Å². The number of halogens is 2. The van der Waals surface area contributed by atoms with Crippen molar-refractivity contribution in [2.24, 2.45) is 0 Å². The van der Waals surface area contributed by atoms with Crippen LogP contribution < -0.4 is 33.9 Å². The summed E-state index contributed by atoms with van der Waals surface area (Å²) in [6.07, 6.45) is 45.4. The zero-order valence-electron chi connectivity index (χ0n) is 70.4. The van der Waals surface area contributed by atoms with Crippen LogP contribution in [0.1, 0.15) is 223 Å². The standard InChI is InChI=1S/C34H55FN5O6P.C33H55N6O6P.C16H19ClN5O4P/c1-2-3-4-5-6-7-8-9-10-11-12-13-14-15-21-43-22-17-23-45-47(42,46-26-29-18-16-19-30(35)25-29)28-44-24-20-40-27-37-31-32(40)38-34(36)39-33(31)41;1-2-3-4-5-6-7-8-9-10-11-12-13-14-15-21-42-22-17-23-44-46(41,45-26-29-18-16-19-35-25-29)28-43-24-20-39-27-36-30-31(39)37-33(34)38-32(30)40;1-27(24,26-8-11-3-2-4-12(17)7-11)10-25-6-5-22-9-19-13-14(22)20-16(18)21-15(13)23/h16,18-19,25,27H,2-15,17,20-24,26,28H2,1H3,(H3,36,38,39,41);16,18-19,25,27H,2-15,17,20-24,26,28H2,1H3,(H3,34,37,38,40);2-4,7,9H,5-6,8,10H2,1H3,(H3,18,20,21,23). The van der Waals surface area contributed by atoms with Crippen LogP contribution in [0.2, 0.25) is 5.02 Å². The molecule has 0 amide bonds. The fraction of sp³-hybridized carbons (Fsp3) is 0.614. The SMILES string of the molecule is CCCCCCCCCCCCCCCCOCCCOP(=O)(COCCn1cnc2c(=O)[nH]c(N)nc21)OCc1cccc(F)c1.CCCCCCCCCCCCCCCCOCCCOP(=O)(COCCn1cnc2c(=O)[nH]c(N)nc21)OCc1cccnc1.CP(=O)(COCCn1cnc2c(=O)[nH]c(N)nc21)OCc1cccc(Cl)c1. The number of hydrogen-bond donors (Lipinski definition) is 6. The van der Waals surface area contributed by atoms with Gasteiger partial charge in [-0.1, -0.05) is 223 Å². The molecule has 0 saturated carbocycles. The molecule has 666 valence electrons. The molecule has 3 unspecified atom stereocenters. The number of nitrogens with zero attached hydrogens (tertiary/aromatic N) is 10. The van der Waals surface area contributed by atoms with Crippen molar-refractivity contribution in [3.63, 3.8) is 0 Å². The number of anilines is 3. The largest absolute Gasteiger partial charge is 0.381 e. The van der Waals surface area contributed by atoms with Gasteiger partial charge in [0.1, 0.15) is 24.9 Å². The maximum Gasteiger partial charge on any atom is 0.356 e. The molecule has 120 heavy (non-hydrogen) atoms. The predicted octanol–water partition coefficient (Wildman–Crippen LogP) is 18.0. The van der Waals surface area contributed by atoms with E-state index in [9.17, 15) is 32.5 Å². The van der Waals surface area contributed by atoms with E-state index in [1.165, 1.54) is 205 Å². The van der Waals surface area contributed by atoms with E-state index >= 15 is 0 Å². The van der Waals surface area contributed by atoms with Gasteiger partial charge in [-0.3, -0.25) is 48.0 Å². The second kappa shape index (κ2) is 57.8. The summed E-state index contributed by atoms with van der Waals surface area (Å²) in [4.78, 5) is 71.5. The molecule has 2 aromatic carbocycles. The molecule has 0 aliphatic heterocycles. The second-order valence-electron chi connectivity index (χ2n) is 29.8. The zero-order chi connectivity index (χ0) is 85.7.